The monoisotopic (exact) mass is 138 g/mol. The first-order valence-electron chi connectivity index (χ1n) is 0.548. The first-order valence-corrected chi connectivity index (χ1v) is 0.548. The molecule has 0 saturated carbocycles. The molecule has 0 aromatic carbocycles. The Morgan fingerprint density at radius 1 is 1.33 bits per heavy atom. The van der Waals surface area contributed by atoms with Crippen molar-refractivity contribution < 1.29 is 27.1 Å². The summed E-state index contributed by atoms with van der Waals surface area (Å²) in [7, 11) is 0. The van der Waals surface area contributed by atoms with Crippen LogP contribution in [0.15, 0.2) is 0 Å². The summed E-state index contributed by atoms with van der Waals surface area (Å²) in [4.78, 5) is 8.25. The van der Waals surface area contributed by atoms with Crippen molar-refractivity contribution in [3.8, 4) is 0 Å². The number of hydrogen-bond donors (Lipinski definition) is 0. The molecule has 0 aromatic heterocycles. The largest absolute Gasteiger partial charge is 2.00 e. The van der Waals surface area contributed by atoms with Gasteiger partial charge in [0.2, 0.25) is 0 Å². The van der Waals surface area contributed by atoms with E-state index >= 15 is 0 Å². The fourth-order valence-electron chi connectivity index (χ4n) is 0. The van der Waals surface area contributed by atoms with Crippen LogP contribution in [0, 0.1) is 15.3 Å². The topological polar surface area (TPSA) is 97.7 Å². The SMILES string of the molecule is O.O=[N+]([O-])[O-].[Ni+2]. The maximum atomic E-state index is 8.25. The molecule has 0 aliphatic rings. The Balaban J connectivity index is -0.0000000450. The Morgan fingerprint density at radius 3 is 1.33 bits per heavy atom. The predicted molar refractivity (Wildman–Crippen MR) is 14.0 cm³/mol. The van der Waals surface area contributed by atoms with Gasteiger partial charge in [0, 0.05) is 0 Å². The molecule has 0 rings (SSSR count). The molecule has 0 heterocycles. The van der Waals surface area contributed by atoms with E-state index in [1.807, 2.05) is 0 Å². The molecule has 0 amide bonds. The molecule has 0 aliphatic carbocycles. The van der Waals surface area contributed by atoms with E-state index in [2.05, 4.69) is 0 Å². The van der Waals surface area contributed by atoms with Crippen LogP contribution in [0.3, 0.4) is 0 Å². The molecule has 40 valence electrons. The molecule has 5 nitrogen and oxygen atoms in total. The number of nitrogens with zero attached hydrogens (tertiary/aromatic N) is 1. The van der Waals surface area contributed by atoms with Gasteiger partial charge in [0.25, 0.3) is 0 Å². The Morgan fingerprint density at radius 2 is 1.33 bits per heavy atom. The van der Waals surface area contributed by atoms with E-state index in [0.717, 1.165) is 0 Å². The number of rotatable bonds is 0. The van der Waals surface area contributed by atoms with E-state index in [4.69, 9.17) is 15.3 Å². The smallest absolute Gasteiger partial charge is 0.412 e. The molecule has 2 N–H and O–H groups in total. The Kier molecular flexibility index (Phi) is 25.6. The second-order valence-corrected chi connectivity index (χ2v) is 0.224. The third-order valence-electron chi connectivity index (χ3n) is 0. The van der Waals surface area contributed by atoms with E-state index in [-0.39, 0.29) is 22.0 Å². The molecule has 0 fully saturated rings. The molecule has 6 heteroatoms. The van der Waals surface area contributed by atoms with Gasteiger partial charge in [0.1, 0.15) is 0 Å². The van der Waals surface area contributed by atoms with Crippen molar-refractivity contribution in [3.63, 3.8) is 0 Å². The van der Waals surface area contributed by atoms with Gasteiger partial charge in [0.05, 0.1) is 5.09 Å². The minimum Gasteiger partial charge on any atom is -0.412 e. The van der Waals surface area contributed by atoms with Gasteiger partial charge in [-0.3, -0.25) is 0 Å². The van der Waals surface area contributed by atoms with E-state index in [1.54, 1.807) is 0 Å². The van der Waals surface area contributed by atoms with Crippen molar-refractivity contribution in [2.24, 2.45) is 0 Å². The van der Waals surface area contributed by atoms with Crippen molar-refractivity contribution >= 4 is 0 Å². The minimum absolute atomic E-state index is 0. The van der Waals surface area contributed by atoms with Gasteiger partial charge < -0.3 is 20.8 Å². The van der Waals surface area contributed by atoms with Gasteiger partial charge in [-0.1, -0.05) is 0 Å². The molecule has 0 spiro atoms. The van der Waals surface area contributed by atoms with Crippen molar-refractivity contribution in [3.05, 3.63) is 15.3 Å². The second-order valence-electron chi connectivity index (χ2n) is 0.224. The van der Waals surface area contributed by atoms with Crippen LogP contribution in [0.1, 0.15) is 0 Å². The zero-order chi connectivity index (χ0) is 3.58. The summed E-state index contributed by atoms with van der Waals surface area (Å²) in [6.45, 7) is 0. The molecule has 0 aromatic rings. The van der Waals surface area contributed by atoms with E-state index in [0.29, 0.717) is 0 Å². The molecule has 0 saturated heterocycles. The molecular weight excluding hydrogens is 137 g/mol. The van der Waals surface area contributed by atoms with Gasteiger partial charge in [-0.05, 0) is 0 Å². The molecule has 0 radical (unpaired) electrons. The van der Waals surface area contributed by atoms with Gasteiger partial charge in [-0.15, -0.1) is 0 Å². The zero-order valence-corrected chi connectivity index (χ0v) is 3.48. The number of hydrogen-bond acceptors (Lipinski definition) is 3. The fraction of sp³-hybridized carbons (Fsp3) is 0. The third kappa shape index (κ3) is 214. The maximum Gasteiger partial charge on any atom is 2.00 e. The van der Waals surface area contributed by atoms with E-state index in [1.165, 1.54) is 0 Å². The molecule has 0 bridgehead atoms. The summed E-state index contributed by atoms with van der Waals surface area (Å²) in [5.41, 5.74) is 0. The van der Waals surface area contributed by atoms with Crippen LogP contribution >= 0.6 is 0 Å². The first kappa shape index (κ1) is 17.4. The first-order chi connectivity index (χ1) is 1.73. The predicted octanol–water partition coefficient (Wildman–Crippen LogP) is -1.07. The summed E-state index contributed by atoms with van der Waals surface area (Å²) in [5, 5.41) is 14.8. The van der Waals surface area contributed by atoms with E-state index in [9.17, 15) is 0 Å². The average Bonchev–Trinajstić information content (AvgIpc) is 0.811. The van der Waals surface area contributed by atoms with Crippen molar-refractivity contribution in [2.45, 2.75) is 0 Å². The van der Waals surface area contributed by atoms with Crippen LogP contribution in [0.5, 0.6) is 0 Å². The summed E-state index contributed by atoms with van der Waals surface area (Å²) >= 11 is 0. The maximum absolute atomic E-state index is 8.25. The van der Waals surface area contributed by atoms with Crippen LogP contribution in [-0.4, -0.2) is 10.6 Å². The Labute approximate surface area is 43.3 Å². The van der Waals surface area contributed by atoms with Gasteiger partial charge in [0.15, 0.2) is 0 Å². The van der Waals surface area contributed by atoms with Gasteiger partial charge in [-0.25, -0.2) is 0 Å². The fourth-order valence-corrected chi connectivity index (χ4v) is 0. The van der Waals surface area contributed by atoms with Crippen LogP contribution in [0.2, 0.25) is 0 Å². The van der Waals surface area contributed by atoms with Gasteiger partial charge in [-0.2, -0.15) is 0 Å². The van der Waals surface area contributed by atoms with Crippen molar-refractivity contribution in [2.75, 3.05) is 0 Å². The van der Waals surface area contributed by atoms with Crippen LogP contribution in [0.25, 0.3) is 0 Å². The van der Waals surface area contributed by atoms with Crippen molar-refractivity contribution in [1.29, 1.82) is 0 Å². The van der Waals surface area contributed by atoms with Crippen LogP contribution in [-0.2, 0) is 16.5 Å². The average molecular weight is 139 g/mol. The molecule has 6 heavy (non-hydrogen) atoms. The Bertz CT molecular complexity index is 30.5. The van der Waals surface area contributed by atoms with Crippen LogP contribution < -0.4 is 0 Å². The summed E-state index contributed by atoms with van der Waals surface area (Å²) in [6.07, 6.45) is 0. The Hall–Kier alpha value is -0.346. The quantitative estimate of drug-likeness (QED) is 0.242. The second kappa shape index (κ2) is 8.82. The molecule has 0 unspecified atom stereocenters. The molecular formula is H2NNiO4+. The summed E-state index contributed by atoms with van der Waals surface area (Å²) in [5.74, 6) is 0. The normalized spacial score (nSPS) is 4.00. The minimum atomic E-state index is -1.75. The summed E-state index contributed by atoms with van der Waals surface area (Å²) in [6, 6.07) is 0. The molecule has 0 aliphatic heterocycles. The molecule has 0 atom stereocenters. The van der Waals surface area contributed by atoms with E-state index < -0.39 is 5.09 Å². The van der Waals surface area contributed by atoms with Crippen molar-refractivity contribution in [1.82, 2.24) is 0 Å². The zero-order valence-electron chi connectivity index (χ0n) is 2.49. The van der Waals surface area contributed by atoms with Gasteiger partial charge >= 0.3 is 16.5 Å². The summed E-state index contributed by atoms with van der Waals surface area (Å²) < 4.78 is 0. The van der Waals surface area contributed by atoms with Crippen LogP contribution in [0.4, 0.5) is 0 Å². The standard InChI is InChI=1S/NO3.Ni.H2O/c2-1(3)4;;/h;;1H2/q-1;+2;. The third-order valence-corrected chi connectivity index (χ3v) is 0.